The number of aliphatic hydroxyl groups excluding tert-OH is 2. The zero-order valence-electron chi connectivity index (χ0n) is 16.8. The first-order valence-corrected chi connectivity index (χ1v) is 16.3. The lowest BCUT2D eigenvalue weighted by Crippen LogP contribution is -2.26. The van der Waals surface area contributed by atoms with Gasteiger partial charge in [-0.1, -0.05) is 6.92 Å². The molecule has 0 spiro atoms. The maximum atomic E-state index is 12.0. The molecule has 2 aromatic rings. The number of aliphatic hydroxyl groups is 2. The lowest BCUT2D eigenvalue weighted by atomic mass is 10.1. The van der Waals surface area contributed by atoms with Crippen LogP contribution in [0.15, 0.2) is 29.0 Å². The van der Waals surface area contributed by atoms with Crippen LogP contribution in [0.3, 0.4) is 0 Å². The summed E-state index contributed by atoms with van der Waals surface area (Å²) in [5, 5.41) is 29.1. The first-order valence-electron chi connectivity index (χ1n) is 9.11. The van der Waals surface area contributed by atoms with Crippen LogP contribution in [0.25, 0.3) is 0 Å². The fraction of sp³-hybridized carbons (Fsp3) is 0.500. The normalized spacial score (nSPS) is 27.1. The molecule has 4 rings (SSSR count). The molecule has 2 aliphatic heterocycles. The van der Waals surface area contributed by atoms with Gasteiger partial charge in [-0.3, -0.25) is 0 Å². The Morgan fingerprint density at radius 1 is 0.906 bits per heavy atom. The van der Waals surface area contributed by atoms with E-state index in [-0.39, 0.29) is 24.6 Å². The number of nitrogens with two attached hydrogens (primary N) is 2. The number of thioether (sulfide) groups is 1. The van der Waals surface area contributed by atoms with Crippen LogP contribution in [0, 0.1) is 0 Å². The predicted octanol–water partition coefficient (Wildman–Crippen LogP) is 1.31. The van der Waals surface area contributed by atoms with Crippen LogP contribution >= 0.6 is 34.4 Å². The predicted molar refractivity (Wildman–Crippen MR) is 123 cm³/mol. The van der Waals surface area contributed by atoms with Crippen molar-refractivity contribution in [3.8, 4) is 0 Å². The van der Waals surface area contributed by atoms with Crippen LogP contribution in [0.5, 0.6) is 0 Å². The summed E-state index contributed by atoms with van der Waals surface area (Å²) < 4.78 is 69.2. The number of fused-ring (bicyclic) bond motifs is 2. The fourth-order valence-corrected chi connectivity index (χ4v) is 11.4. The smallest absolute Gasteiger partial charge is 0.247 e. The monoisotopic (exact) mass is 562 g/mol. The van der Waals surface area contributed by atoms with Gasteiger partial charge in [0.1, 0.15) is 12.6 Å². The summed E-state index contributed by atoms with van der Waals surface area (Å²) in [5.41, 5.74) is 0.837. The molecule has 0 bridgehead atoms. The van der Waals surface area contributed by atoms with E-state index < -0.39 is 47.3 Å². The number of sulfonamides is 2. The summed E-state index contributed by atoms with van der Waals surface area (Å²) in [4.78, 5) is 0. The quantitative estimate of drug-likeness (QED) is 0.417. The second kappa shape index (κ2) is 8.90. The molecule has 0 saturated carbocycles. The van der Waals surface area contributed by atoms with Gasteiger partial charge in [-0.05, 0) is 31.9 Å². The highest BCUT2D eigenvalue weighted by Gasteiger charge is 2.38. The van der Waals surface area contributed by atoms with Gasteiger partial charge in [0.2, 0.25) is 20.0 Å². The molecule has 6 N–H and O–H groups in total. The van der Waals surface area contributed by atoms with Crippen LogP contribution in [0.1, 0.15) is 50.0 Å². The highest BCUT2D eigenvalue weighted by atomic mass is 32.3. The number of hydrogen-bond acceptors (Lipinski definition) is 11. The highest BCUT2D eigenvalue weighted by Crippen LogP contribution is 2.46. The van der Waals surface area contributed by atoms with Gasteiger partial charge in [0, 0.05) is 16.4 Å². The van der Waals surface area contributed by atoms with Crippen LogP contribution < -0.4 is 10.3 Å². The second-order valence-electron chi connectivity index (χ2n) is 7.49. The third-order valence-electron chi connectivity index (χ3n) is 4.89. The van der Waals surface area contributed by atoms with Gasteiger partial charge >= 0.3 is 0 Å². The Morgan fingerprint density at radius 3 is 1.97 bits per heavy atom. The van der Waals surface area contributed by atoms with Crippen LogP contribution in [-0.4, -0.2) is 46.0 Å². The first-order chi connectivity index (χ1) is 14.5. The molecule has 4 heterocycles. The van der Waals surface area contributed by atoms with Gasteiger partial charge in [0.15, 0.2) is 9.84 Å². The van der Waals surface area contributed by atoms with E-state index in [4.69, 9.17) is 10.3 Å². The second-order valence-corrected chi connectivity index (χ2v) is 17.4. The van der Waals surface area contributed by atoms with Crippen molar-refractivity contribution in [2.75, 3.05) is 0 Å². The Morgan fingerprint density at radius 2 is 1.41 bits per heavy atom. The van der Waals surface area contributed by atoms with E-state index in [0.29, 0.717) is 28.6 Å². The Balaban J connectivity index is 0.000000182. The molecule has 32 heavy (non-hydrogen) atoms. The zero-order chi connectivity index (χ0) is 24.2. The van der Waals surface area contributed by atoms with Crippen molar-refractivity contribution in [1.82, 2.24) is 0 Å². The van der Waals surface area contributed by atoms with Crippen molar-refractivity contribution in [2.45, 2.75) is 66.2 Å². The zero-order valence-corrected chi connectivity index (χ0v) is 21.7. The molecule has 0 amide bonds. The minimum atomic E-state index is -3.95. The van der Waals surface area contributed by atoms with Gasteiger partial charge in [0.05, 0.1) is 21.7 Å². The summed E-state index contributed by atoms with van der Waals surface area (Å²) in [5.74, 6) is 0. The lowest BCUT2D eigenvalue weighted by Gasteiger charge is -2.23. The molecule has 0 radical (unpaired) electrons. The average Bonchev–Trinajstić information content (AvgIpc) is 3.25. The summed E-state index contributed by atoms with van der Waals surface area (Å²) in [6.45, 7) is 3.49. The number of hydrogen-bond donors (Lipinski definition) is 4. The summed E-state index contributed by atoms with van der Waals surface area (Å²) in [6.07, 6.45) is -0.813. The van der Waals surface area contributed by atoms with E-state index in [1.165, 1.54) is 13.0 Å². The van der Waals surface area contributed by atoms with Gasteiger partial charge in [-0.15, -0.1) is 34.4 Å². The van der Waals surface area contributed by atoms with E-state index in [2.05, 4.69) is 0 Å². The number of sulfone groups is 1. The van der Waals surface area contributed by atoms with Gasteiger partial charge in [-0.2, -0.15) is 0 Å². The highest BCUT2D eigenvalue weighted by molar-refractivity contribution is 8.02. The molecule has 0 aromatic carbocycles. The van der Waals surface area contributed by atoms with E-state index >= 15 is 0 Å². The van der Waals surface area contributed by atoms with Crippen molar-refractivity contribution < 1.29 is 35.5 Å². The molecular formula is C16H22N2O8S6. The maximum absolute atomic E-state index is 12.0. The molecule has 2 aliphatic rings. The molecule has 4 unspecified atom stereocenters. The van der Waals surface area contributed by atoms with Crippen molar-refractivity contribution in [1.29, 1.82) is 0 Å². The minimum absolute atomic E-state index is 0.0656. The molecule has 2 aromatic heterocycles. The molecular weight excluding hydrogens is 541 g/mol. The Kier molecular flexibility index (Phi) is 7.25. The van der Waals surface area contributed by atoms with Crippen molar-refractivity contribution in [2.24, 2.45) is 10.3 Å². The van der Waals surface area contributed by atoms with Crippen molar-refractivity contribution in [3.05, 3.63) is 23.3 Å². The van der Waals surface area contributed by atoms with Crippen LogP contribution in [-0.2, 0) is 29.9 Å². The molecule has 16 heteroatoms. The summed E-state index contributed by atoms with van der Waals surface area (Å²) >= 11 is 3.33. The third kappa shape index (κ3) is 5.24. The topological polar surface area (TPSA) is 195 Å². The molecule has 0 saturated heterocycles. The SMILES string of the molecule is CC1CC(O)c2cc(S(N)(=O)=O)sc2S1.CC1CC(O)c2cc(S(N)(=O)=O)sc2S1(=O)=O. The number of thiophene rings is 2. The minimum Gasteiger partial charge on any atom is -0.388 e. The molecule has 0 aliphatic carbocycles. The molecule has 180 valence electrons. The average molecular weight is 563 g/mol. The van der Waals surface area contributed by atoms with Gasteiger partial charge in [0.25, 0.3) is 0 Å². The lowest BCUT2D eigenvalue weighted by molar-refractivity contribution is 0.161. The van der Waals surface area contributed by atoms with Crippen LogP contribution in [0.4, 0.5) is 0 Å². The van der Waals surface area contributed by atoms with E-state index in [1.807, 2.05) is 6.92 Å². The van der Waals surface area contributed by atoms with Crippen LogP contribution in [0.2, 0.25) is 0 Å². The molecule has 10 nitrogen and oxygen atoms in total. The van der Waals surface area contributed by atoms with Crippen molar-refractivity contribution in [3.63, 3.8) is 0 Å². The molecule has 0 fully saturated rings. The summed E-state index contributed by atoms with van der Waals surface area (Å²) in [7, 11) is -11.1. The van der Waals surface area contributed by atoms with E-state index in [9.17, 15) is 35.5 Å². The largest absolute Gasteiger partial charge is 0.388 e. The fourth-order valence-electron chi connectivity index (χ4n) is 3.21. The summed E-state index contributed by atoms with van der Waals surface area (Å²) in [6, 6.07) is 2.63. The first kappa shape index (κ1) is 26.1. The maximum Gasteiger partial charge on any atom is 0.247 e. The molecule has 4 atom stereocenters. The Bertz CT molecular complexity index is 1340. The van der Waals surface area contributed by atoms with E-state index in [1.54, 1.807) is 11.8 Å². The van der Waals surface area contributed by atoms with Crippen molar-refractivity contribution >= 4 is 64.3 Å². The Hall–Kier alpha value is -0.560. The Labute approximate surface area is 198 Å². The van der Waals surface area contributed by atoms with Gasteiger partial charge < -0.3 is 10.2 Å². The van der Waals surface area contributed by atoms with Gasteiger partial charge in [-0.25, -0.2) is 35.5 Å². The standard InChI is InChI=1S/C8H11NO5S3.C8H11NO3S3/c1-4-2-6(10)5-3-7(17(9,13)14)15-8(5)16(4,11)12;1-4-2-6(10)5-3-7(15(9,11)12)14-8(5)13-4/h3-4,6,10H,2H2,1H3,(H2,9,13,14);3-4,6,10H,2H2,1H3,(H2,9,11,12). The number of rotatable bonds is 2. The number of primary sulfonamides is 2. The third-order valence-corrected chi connectivity index (χ3v) is 14.2. The van der Waals surface area contributed by atoms with E-state index in [0.717, 1.165) is 21.6 Å².